The van der Waals surface area contributed by atoms with E-state index in [2.05, 4.69) is 15.5 Å². The van der Waals surface area contributed by atoms with Crippen LogP contribution in [0.15, 0.2) is 52.9 Å². The summed E-state index contributed by atoms with van der Waals surface area (Å²) < 4.78 is 5.75. The highest BCUT2D eigenvalue weighted by Gasteiger charge is 2.24. The van der Waals surface area contributed by atoms with Crippen molar-refractivity contribution in [3.8, 4) is 5.75 Å². The number of amides is 1. The Balaban J connectivity index is 1.83. The van der Waals surface area contributed by atoms with Crippen LogP contribution in [0.4, 0.5) is 10.8 Å². The summed E-state index contributed by atoms with van der Waals surface area (Å²) in [6.45, 7) is 0. The maximum atomic E-state index is 12.9. The number of nitrogens with two attached hydrogens (primary N) is 1. The Bertz CT molecular complexity index is 905. The summed E-state index contributed by atoms with van der Waals surface area (Å²) in [6, 6.07) is 14.5. The number of halogens is 1. The van der Waals surface area contributed by atoms with Gasteiger partial charge >= 0.3 is 0 Å². The van der Waals surface area contributed by atoms with Gasteiger partial charge in [0.2, 0.25) is 11.0 Å². The number of methoxy groups -OCH3 is 1. The minimum absolute atomic E-state index is 0.198. The maximum Gasteiger partial charge on any atom is 0.242 e. The molecule has 6 nitrogen and oxygen atoms in total. The Morgan fingerprint density at radius 3 is 2.65 bits per heavy atom. The molecule has 0 saturated heterocycles. The number of nitrogens with one attached hydrogen (secondary N) is 1. The predicted octanol–water partition coefficient (Wildman–Crippen LogP) is 4.25. The lowest BCUT2D eigenvalue weighted by Crippen LogP contribution is -2.19. The first-order chi connectivity index (χ1) is 12.6. The van der Waals surface area contributed by atoms with Gasteiger partial charge in [-0.3, -0.25) is 4.79 Å². The Kier molecular flexibility index (Phi) is 5.97. The van der Waals surface area contributed by atoms with Crippen molar-refractivity contribution in [2.75, 3.05) is 18.2 Å². The van der Waals surface area contributed by atoms with Crippen LogP contribution in [0.3, 0.4) is 0 Å². The number of benzene rings is 2. The van der Waals surface area contributed by atoms with Gasteiger partial charge in [-0.2, -0.15) is 0 Å². The lowest BCUT2D eigenvalue weighted by Gasteiger charge is -2.16. The van der Waals surface area contributed by atoms with Crippen LogP contribution in [0.1, 0.15) is 10.8 Å². The second-order valence-corrected chi connectivity index (χ2v) is 7.92. The molecule has 2 aromatic carbocycles. The molecule has 0 bridgehead atoms. The molecule has 9 heteroatoms. The molecule has 0 unspecified atom stereocenters. The van der Waals surface area contributed by atoms with Crippen molar-refractivity contribution in [2.24, 2.45) is 0 Å². The first kappa shape index (κ1) is 18.5. The molecule has 1 aromatic heterocycles. The number of aromatic nitrogens is 2. The summed E-state index contributed by atoms with van der Waals surface area (Å²) in [6.07, 6.45) is 0. The van der Waals surface area contributed by atoms with Crippen LogP contribution >= 0.6 is 34.7 Å². The molecule has 1 amide bonds. The van der Waals surface area contributed by atoms with Crippen LogP contribution in [0.5, 0.6) is 5.75 Å². The third kappa shape index (κ3) is 4.46. The normalized spacial score (nSPS) is 11.8. The number of rotatable bonds is 6. The Morgan fingerprint density at radius 2 is 2.04 bits per heavy atom. The number of hydrogen-bond acceptors (Lipinski definition) is 7. The van der Waals surface area contributed by atoms with Gasteiger partial charge in [0.15, 0.2) is 4.34 Å². The molecule has 0 aliphatic rings. The number of nitrogens with zero attached hydrogens (tertiary/aromatic N) is 2. The summed E-state index contributed by atoms with van der Waals surface area (Å²) in [5.74, 6) is 0.346. The van der Waals surface area contributed by atoms with Crippen LogP contribution < -0.4 is 15.8 Å². The minimum Gasteiger partial charge on any atom is -0.495 e. The summed E-state index contributed by atoms with van der Waals surface area (Å²) in [5.41, 5.74) is 7.07. The lowest BCUT2D eigenvalue weighted by molar-refractivity contribution is -0.115. The maximum absolute atomic E-state index is 12.9. The van der Waals surface area contributed by atoms with Crippen LogP contribution in [-0.4, -0.2) is 23.2 Å². The standard InChI is InChI=1S/C17H15ClN4O2S2/c1-24-13-8-7-11(9-12(13)18)20-15(23)14(10-5-3-2-4-6-10)25-17-22-21-16(19)26-17/h2-9,14H,1H3,(H2,19,21)(H,20,23)/t14-/m1/s1. The molecule has 3 N–H and O–H groups in total. The van der Waals surface area contributed by atoms with E-state index >= 15 is 0 Å². The van der Waals surface area contributed by atoms with E-state index < -0.39 is 5.25 Å². The topological polar surface area (TPSA) is 90.1 Å². The second-order valence-electron chi connectivity index (χ2n) is 5.15. The summed E-state index contributed by atoms with van der Waals surface area (Å²) >= 11 is 8.67. The van der Waals surface area contributed by atoms with Gasteiger partial charge in [-0.1, -0.05) is 65.0 Å². The predicted molar refractivity (Wildman–Crippen MR) is 106 cm³/mol. The Morgan fingerprint density at radius 1 is 1.27 bits per heavy atom. The molecule has 0 aliphatic carbocycles. The van der Waals surface area contributed by atoms with Crippen LogP contribution in [0, 0.1) is 0 Å². The van der Waals surface area contributed by atoms with Crippen molar-refractivity contribution in [2.45, 2.75) is 9.59 Å². The largest absolute Gasteiger partial charge is 0.495 e. The van der Waals surface area contributed by atoms with E-state index in [0.717, 1.165) is 5.56 Å². The van der Waals surface area contributed by atoms with Gasteiger partial charge in [0.05, 0.1) is 12.1 Å². The van der Waals surface area contributed by atoms with Gasteiger partial charge in [0.25, 0.3) is 0 Å². The van der Waals surface area contributed by atoms with E-state index in [1.165, 1.54) is 30.2 Å². The molecule has 0 spiro atoms. The number of ether oxygens (including phenoxy) is 1. The fraction of sp³-hybridized carbons (Fsp3) is 0.118. The quantitative estimate of drug-likeness (QED) is 0.594. The molecule has 3 aromatic rings. The first-order valence-corrected chi connectivity index (χ1v) is 9.59. The van der Waals surface area contributed by atoms with Crippen molar-refractivity contribution in [3.05, 3.63) is 59.1 Å². The van der Waals surface area contributed by atoms with Crippen LogP contribution in [0.2, 0.25) is 5.02 Å². The highest BCUT2D eigenvalue weighted by Crippen LogP contribution is 2.38. The first-order valence-electron chi connectivity index (χ1n) is 7.52. The number of carbonyl (C=O) groups is 1. The van der Waals surface area contributed by atoms with Crippen LogP contribution in [0.25, 0.3) is 0 Å². The monoisotopic (exact) mass is 406 g/mol. The number of carbonyl (C=O) groups excluding carboxylic acids is 1. The number of anilines is 2. The molecule has 0 radical (unpaired) electrons. The van der Waals surface area contributed by atoms with Gasteiger partial charge in [0, 0.05) is 5.69 Å². The minimum atomic E-state index is -0.510. The van der Waals surface area contributed by atoms with Crippen molar-refractivity contribution in [3.63, 3.8) is 0 Å². The van der Waals surface area contributed by atoms with Crippen molar-refractivity contribution >= 4 is 51.4 Å². The summed E-state index contributed by atoms with van der Waals surface area (Å²) in [4.78, 5) is 12.9. The molecular formula is C17H15ClN4O2S2. The molecule has 3 rings (SSSR count). The lowest BCUT2D eigenvalue weighted by atomic mass is 10.1. The summed E-state index contributed by atoms with van der Waals surface area (Å²) in [5, 5.41) is 11.0. The van der Waals surface area contributed by atoms with Crippen LogP contribution in [-0.2, 0) is 4.79 Å². The highest BCUT2D eigenvalue weighted by atomic mass is 35.5. The van der Waals surface area contributed by atoms with E-state index in [-0.39, 0.29) is 5.91 Å². The van der Waals surface area contributed by atoms with Gasteiger partial charge < -0.3 is 15.8 Å². The van der Waals surface area contributed by atoms with E-state index in [0.29, 0.717) is 25.9 Å². The molecule has 0 aliphatic heterocycles. The Labute approximate surface area is 163 Å². The molecule has 1 heterocycles. The fourth-order valence-electron chi connectivity index (χ4n) is 2.22. The van der Waals surface area contributed by atoms with Gasteiger partial charge in [-0.05, 0) is 23.8 Å². The molecule has 0 fully saturated rings. The fourth-order valence-corrected chi connectivity index (χ4v) is 4.31. The highest BCUT2D eigenvalue weighted by molar-refractivity contribution is 8.02. The van der Waals surface area contributed by atoms with Crippen molar-refractivity contribution in [1.29, 1.82) is 0 Å². The number of nitrogen functional groups attached to an aromatic ring is 1. The SMILES string of the molecule is COc1ccc(NC(=O)[C@H](Sc2nnc(N)s2)c2ccccc2)cc1Cl. The smallest absolute Gasteiger partial charge is 0.242 e. The van der Waals surface area contributed by atoms with Crippen molar-refractivity contribution in [1.82, 2.24) is 10.2 Å². The van der Waals surface area contributed by atoms with E-state index in [1.807, 2.05) is 30.3 Å². The zero-order valence-corrected chi connectivity index (χ0v) is 16.1. The van der Waals surface area contributed by atoms with E-state index in [9.17, 15) is 4.79 Å². The molecular weight excluding hydrogens is 392 g/mol. The van der Waals surface area contributed by atoms with Crippen molar-refractivity contribution < 1.29 is 9.53 Å². The molecule has 134 valence electrons. The molecule has 0 saturated carbocycles. The molecule has 26 heavy (non-hydrogen) atoms. The second kappa shape index (κ2) is 8.39. The average Bonchev–Trinajstić information content (AvgIpc) is 3.05. The van der Waals surface area contributed by atoms with Gasteiger partial charge in [-0.15, -0.1) is 10.2 Å². The zero-order chi connectivity index (χ0) is 18.5. The Hall–Kier alpha value is -2.29. The van der Waals surface area contributed by atoms with E-state index in [4.69, 9.17) is 22.1 Å². The third-order valence-corrected chi connectivity index (χ3v) is 5.79. The third-order valence-electron chi connectivity index (χ3n) is 3.40. The number of thioether (sulfide) groups is 1. The molecule has 1 atom stereocenters. The van der Waals surface area contributed by atoms with Gasteiger partial charge in [-0.25, -0.2) is 0 Å². The van der Waals surface area contributed by atoms with Gasteiger partial charge in [0.1, 0.15) is 11.0 Å². The average molecular weight is 407 g/mol. The van der Waals surface area contributed by atoms with E-state index in [1.54, 1.807) is 18.2 Å². The number of hydrogen-bond donors (Lipinski definition) is 2. The zero-order valence-electron chi connectivity index (χ0n) is 13.7. The summed E-state index contributed by atoms with van der Waals surface area (Å²) in [7, 11) is 1.54.